The van der Waals surface area contributed by atoms with E-state index in [0.29, 0.717) is 17.8 Å². The highest BCUT2D eigenvalue weighted by atomic mass is 32.1. The lowest BCUT2D eigenvalue weighted by Gasteiger charge is -2.34. The normalized spacial score (nSPS) is 16.0. The van der Waals surface area contributed by atoms with Gasteiger partial charge in [0.1, 0.15) is 5.75 Å². The Balaban J connectivity index is 1.55. The zero-order valence-electron chi connectivity index (χ0n) is 14.9. The number of thiocarbonyl (C=S) groups is 1. The number of hydrogen-bond acceptors (Lipinski definition) is 5. The summed E-state index contributed by atoms with van der Waals surface area (Å²) in [6.45, 7) is 6.88. The average Bonchev–Trinajstić information content (AvgIpc) is 3.19. The van der Waals surface area contributed by atoms with Gasteiger partial charge in [0, 0.05) is 30.2 Å². The fraction of sp³-hybridized carbons (Fsp3) is 0.421. The van der Waals surface area contributed by atoms with Gasteiger partial charge in [0.25, 0.3) is 0 Å². The van der Waals surface area contributed by atoms with Crippen molar-refractivity contribution in [1.29, 1.82) is 0 Å². The summed E-state index contributed by atoms with van der Waals surface area (Å²) in [6, 6.07) is 12.4. The van der Waals surface area contributed by atoms with E-state index in [2.05, 4.69) is 33.0 Å². The summed E-state index contributed by atoms with van der Waals surface area (Å²) in [4.78, 5) is 3.81. The molecule has 0 saturated carbocycles. The van der Waals surface area contributed by atoms with Gasteiger partial charge < -0.3 is 20.1 Å². The van der Waals surface area contributed by atoms with Crippen LogP contribution in [-0.4, -0.2) is 49.5 Å². The van der Waals surface area contributed by atoms with Crippen LogP contribution >= 0.6 is 23.6 Å². The van der Waals surface area contributed by atoms with E-state index in [4.69, 9.17) is 21.7 Å². The average molecular weight is 392 g/mol. The van der Waals surface area contributed by atoms with Crippen LogP contribution in [0.2, 0.25) is 0 Å². The molecule has 1 fully saturated rings. The molecule has 0 amide bonds. The number of anilines is 1. The van der Waals surface area contributed by atoms with Gasteiger partial charge in [-0.3, -0.25) is 4.90 Å². The molecule has 0 aliphatic carbocycles. The molecule has 0 spiro atoms. The summed E-state index contributed by atoms with van der Waals surface area (Å²) in [5, 5.41) is 9.36. The van der Waals surface area contributed by atoms with E-state index >= 15 is 0 Å². The molecular weight excluding hydrogens is 366 g/mol. The quantitative estimate of drug-likeness (QED) is 0.705. The third-order valence-corrected chi connectivity index (χ3v) is 5.46. The Morgan fingerprint density at radius 3 is 2.69 bits per heavy atom. The summed E-state index contributed by atoms with van der Waals surface area (Å²) < 4.78 is 11.0. The molecule has 2 N–H and O–H groups in total. The van der Waals surface area contributed by atoms with Crippen molar-refractivity contribution in [3.63, 3.8) is 0 Å². The number of nitrogens with zero attached hydrogens (tertiary/aromatic N) is 1. The fourth-order valence-electron chi connectivity index (χ4n) is 2.95. The molecule has 1 aliphatic rings. The lowest BCUT2D eigenvalue weighted by molar-refractivity contribution is 0.0177. The third-order valence-electron chi connectivity index (χ3n) is 4.24. The molecule has 0 unspecified atom stereocenters. The number of benzene rings is 1. The number of thiophene rings is 1. The van der Waals surface area contributed by atoms with E-state index in [9.17, 15) is 0 Å². The lowest BCUT2D eigenvalue weighted by Crippen LogP contribution is -2.44. The number of ether oxygens (including phenoxy) is 2. The Labute approximate surface area is 164 Å². The zero-order chi connectivity index (χ0) is 18.2. The van der Waals surface area contributed by atoms with Crippen LogP contribution in [0.25, 0.3) is 0 Å². The van der Waals surface area contributed by atoms with Crippen LogP contribution in [0.15, 0.2) is 41.8 Å². The first kappa shape index (κ1) is 19.1. The van der Waals surface area contributed by atoms with Crippen molar-refractivity contribution in [2.45, 2.75) is 13.0 Å². The maximum absolute atomic E-state index is 5.49. The SMILES string of the molecule is CCOc1ccc(NC(=S)NC[C@H](c2cccs2)N2CCOCC2)cc1. The van der Waals surface area contributed by atoms with Crippen LogP contribution < -0.4 is 15.4 Å². The van der Waals surface area contributed by atoms with Crippen molar-refractivity contribution in [1.82, 2.24) is 10.2 Å². The van der Waals surface area contributed by atoms with Crippen molar-refractivity contribution in [2.75, 3.05) is 44.8 Å². The molecule has 2 heterocycles. The Morgan fingerprint density at radius 1 is 1.27 bits per heavy atom. The van der Waals surface area contributed by atoms with Gasteiger partial charge in [-0.2, -0.15) is 0 Å². The summed E-state index contributed by atoms with van der Waals surface area (Å²) in [5.41, 5.74) is 0.949. The molecular formula is C19H25N3O2S2. The van der Waals surface area contributed by atoms with Crippen LogP contribution in [-0.2, 0) is 4.74 Å². The molecule has 5 nitrogen and oxygen atoms in total. The van der Waals surface area contributed by atoms with Crippen LogP contribution in [0.5, 0.6) is 5.75 Å². The smallest absolute Gasteiger partial charge is 0.170 e. The Bertz CT molecular complexity index is 671. The third kappa shape index (κ3) is 5.41. The van der Waals surface area contributed by atoms with Gasteiger partial charge >= 0.3 is 0 Å². The minimum atomic E-state index is 0.305. The largest absolute Gasteiger partial charge is 0.494 e. The molecule has 1 aliphatic heterocycles. The van der Waals surface area contributed by atoms with Crippen LogP contribution in [0, 0.1) is 0 Å². The Kier molecular flexibility index (Phi) is 7.25. The standard InChI is InChI=1S/C19H25N3O2S2/c1-2-24-16-7-5-15(6-8-16)21-19(25)20-14-17(18-4-3-13-26-18)22-9-11-23-12-10-22/h3-8,13,17H,2,9-12,14H2,1H3,(H2,20,21,25)/t17-/m1/s1. The molecule has 26 heavy (non-hydrogen) atoms. The predicted octanol–water partition coefficient (Wildman–Crippen LogP) is 3.51. The van der Waals surface area contributed by atoms with Crippen LogP contribution in [0.3, 0.4) is 0 Å². The van der Waals surface area contributed by atoms with E-state index in [1.165, 1.54) is 4.88 Å². The number of hydrogen-bond donors (Lipinski definition) is 2. The van der Waals surface area contributed by atoms with Gasteiger partial charge in [0.2, 0.25) is 0 Å². The number of morpholine rings is 1. The zero-order valence-corrected chi connectivity index (χ0v) is 16.6. The molecule has 140 valence electrons. The highest BCUT2D eigenvalue weighted by Gasteiger charge is 2.23. The second kappa shape index (κ2) is 9.87. The number of nitrogens with one attached hydrogen (secondary N) is 2. The van der Waals surface area contributed by atoms with E-state index < -0.39 is 0 Å². The van der Waals surface area contributed by atoms with E-state index in [-0.39, 0.29) is 0 Å². The van der Waals surface area contributed by atoms with Gasteiger partial charge in [-0.05, 0) is 54.9 Å². The Morgan fingerprint density at radius 2 is 2.04 bits per heavy atom. The number of rotatable bonds is 7. The van der Waals surface area contributed by atoms with E-state index in [1.54, 1.807) is 11.3 Å². The topological polar surface area (TPSA) is 45.8 Å². The monoisotopic (exact) mass is 391 g/mol. The molecule has 1 aromatic heterocycles. The van der Waals surface area contributed by atoms with Crippen LogP contribution in [0.4, 0.5) is 5.69 Å². The molecule has 3 rings (SSSR count). The molecule has 2 aromatic rings. The van der Waals surface area contributed by atoms with Crippen LogP contribution in [0.1, 0.15) is 17.8 Å². The maximum Gasteiger partial charge on any atom is 0.170 e. The summed E-state index contributed by atoms with van der Waals surface area (Å²) in [5.74, 6) is 0.863. The minimum Gasteiger partial charge on any atom is -0.494 e. The van der Waals surface area contributed by atoms with Gasteiger partial charge in [-0.15, -0.1) is 11.3 Å². The van der Waals surface area contributed by atoms with Gasteiger partial charge in [-0.1, -0.05) is 6.07 Å². The van der Waals surface area contributed by atoms with E-state index in [1.807, 2.05) is 31.2 Å². The fourth-order valence-corrected chi connectivity index (χ4v) is 4.01. The van der Waals surface area contributed by atoms with Crippen molar-refractivity contribution in [3.05, 3.63) is 46.7 Å². The van der Waals surface area contributed by atoms with Crippen molar-refractivity contribution in [3.8, 4) is 5.75 Å². The lowest BCUT2D eigenvalue weighted by atomic mass is 10.2. The molecule has 7 heteroatoms. The first-order valence-electron chi connectivity index (χ1n) is 8.89. The summed E-state index contributed by atoms with van der Waals surface area (Å²) >= 11 is 7.26. The first-order chi connectivity index (χ1) is 12.8. The van der Waals surface area contributed by atoms with Gasteiger partial charge in [0.05, 0.1) is 25.9 Å². The molecule has 1 atom stereocenters. The molecule has 1 aromatic carbocycles. The summed E-state index contributed by atoms with van der Waals surface area (Å²) in [6.07, 6.45) is 0. The van der Waals surface area contributed by atoms with Crippen molar-refractivity contribution in [2.24, 2.45) is 0 Å². The first-order valence-corrected chi connectivity index (χ1v) is 10.2. The van der Waals surface area contributed by atoms with Gasteiger partial charge in [-0.25, -0.2) is 0 Å². The maximum atomic E-state index is 5.49. The van der Waals surface area contributed by atoms with Crippen molar-refractivity contribution < 1.29 is 9.47 Å². The Hall–Kier alpha value is -1.67. The summed E-state index contributed by atoms with van der Waals surface area (Å²) in [7, 11) is 0. The highest BCUT2D eigenvalue weighted by molar-refractivity contribution is 7.80. The second-order valence-electron chi connectivity index (χ2n) is 5.97. The van der Waals surface area contributed by atoms with E-state index in [0.717, 1.165) is 44.3 Å². The predicted molar refractivity (Wildman–Crippen MR) is 111 cm³/mol. The molecule has 1 saturated heterocycles. The second-order valence-corrected chi connectivity index (χ2v) is 7.36. The molecule has 0 bridgehead atoms. The molecule has 0 radical (unpaired) electrons. The minimum absolute atomic E-state index is 0.305. The van der Waals surface area contributed by atoms with Gasteiger partial charge in [0.15, 0.2) is 5.11 Å². The van der Waals surface area contributed by atoms with Crippen molar-refractivity contribution >= 4 is 34.4 Å². The highest BCUT2D eigenvalue weighted by Crippen LogP contribution is 2.25.